The first-order valence-corrected chi connectivity index (χ1v) is 21.5. The van der Waals surface area contributed by atoms with Crippen LogP contribution in [0.2, 0.25) is 0 Å². The number of benzene rings is 10. The zero-order chi connectivity index (χ0) is 42.0. The lowest BCUT2D eigenvalue weighted by Crippen LogP contribution is -2.23. The van der Waals surface area contributed by atoms with Crippen molar-refractivity contribution < 1.29 is 0 Å². The third kappa shape index (κ3) is 7.32. The average molecular weight is 806 g/mol. The van der Waals surface area contributed by atoms with Crippen molar-refractivity contribution in [2.24, 2.45) is 0 Å². The molecule has 1 aliphatic heterocycles. The molecular weight excluding hydrogens is 763 g/mol. The molecule has 0 amide bonds. The predicted octanol–water partition coefficient (Wildman–Crippen LogP) is 17.1. The molecule has 0 aliphatic carbocycles. The Kier molecular flexibility index (Phi) is 9.89. The first-order valence-electron chi connectivity index (χ1n) is 21.5. The number of rotatable bonds is 9. The summed E-state index contributed by atoms with van der Waals surface area (Å²) in [4.78, 5) is 7.14. The van der Waals surface area contributed by atoms with Crippen molar-refractivity contribution in [2.45, 2.75) is 0 Å². The van der Waals surface area contributed by atoms with E-state index in [1.165, 1.54) is 33.4 Å². The lowest BCUT2D eigenvalue weighted by atomic mass is 9.97. The molecule has 0 saturated carbocycles. The van der Waals surface area contributed by atoms with E-state index in [9.17, 15) is 0 Å². The van der Waals surface area contributed by atoms with Gasteiger partial charge in [0.25, 0.3) is 0 Å². The van der Waals surface area contributed by atoms with Crippen LogP contribution in [-0.4, -0.2) is 0 Å². The van der Waals surface area contributed by atoms with E-state index in [0.29, 0.717) is 0 Å². The number of hydrogen-bond acceptors (Lipinski definition) is 3. The monoisotopic (exact) mass is 805 g/mol. The lowest BCUT2D eigenvalue weighted by molar-refractivity contribution is 1.17. The summed E-state index contributed by atoms with van der Waals surface area (Å²) < 4.78 is 0. The second kappa shape index (κ2) is 16.6. The van der Waals surface area contributed by atoms with E-state index < -0.39 is 0 Å². The van der Waals surface area contributed by atoms with Crippen molar-refractivity contribution in [3.8, 4) is 44.5 Å². The molecule has 10 aromatic carbocycles. The Labute approximate surface area is 369 Å². The predicted molar refractivity (Wildman–Crippen MR) is 266 cm³/mol. The Hall–Kier alpha value is -8.40. The summed E-state index contributed by atoms with van der Waals surface area (Å²) in [6, 6.07) is 93.8. The fraction of sp³-hybridized carbons (Fsp3) is 0. The summed E-state index contributed by atoms with van der Waals surface area (Å²) in [5.74, 6) is 0. The van der Waals surface area contributed by atoms with Gasteiger partial charge in [-0.1, -0.05) is 170 Å². The van der Waals surface area contributed by atoms with Crippen LogP contribution in [0.1, 0.15) is 0 Å². The van der Waals surface area contributed by atoms with Crippen LogP contribution in [0.3, 0.4) is 0 Å². The highest BCUT2D eigenvalue weighted by Gasteiger charge is 2.30. The van der Waals surface area contributed by atoms with Crippen molar-refractivity contribution in [3.05, 3.63) is 261 Å². The van der Waals surface area contributed by atoms with Crippen LogP contribution in [0, 0.1) is 0 Å². The van der Waals surface area contributed by atoms with Crippen molar-refractivity contribution in [1.82, 2.24) is 0 Å². The number of nitrogens with zero attached hydrogens (tertiary/aromatic N) is 3. The minimum absolute atomic E-state index is 1.08. The molecule has 298 valence electrons. The quantitative estimate of drug-likeness (QED) is 0.144. The lowest BCUT2D eigenvalue weighted by Gasteiger charge is -2.40. The van der Waals surface area contributed by atoms with E-state index in [2.05, 4.69) is 276 Å². The molecule has 0 unspecified atom stereocenters. The molecule has 0 spiro atoms. The van der Waals surface area contributed by atoms with Crippen molar-refractivity contribution >= 4 is 51.2 Å². The van der Waals surface area contributed by atoms with Crippen molar-refractivity contribution in [1.29, 1.82) is 0 Å². The van der Waals surface area contributed by atoms with E-state index in [-0.39, 0.29) is 0 Å². The van der Waals surface area contributed by atoms with Gasteiger partial charge in [-0.15, -0.1) is 0 Å². The first-order chi connectivity index (χ1) is 31.2. The number of para-hydroxylation sites is 5. The maximum absolute atomic E-state index is 2.40. The Bertz CT molecular complexity index is 3040. The van der Waals surface area contributed by atoms with Crippen LogP contribution in [0.5, 0.6) is 0 Å². The van der Waals surface area contributed by atoms with Crippen molar-refractivity contribution in [2.75, 3.05) is 14.7 Å². The van der Waals surface area contributed by atoms with Gasteiger partial charge in [-0.3, -0.25) is 0 Å². The third-order valence-electron chi connectivity index (χ3n) is 11.9. The molecule has 0 bridgehead atoms. The molecule has 0 saturated heterocycles. The van der Waals surface area contributed by atoms with Gasteiger partial charge in [-0.05, 0) is 136 Å². The molecule has 3 nitrogen and oxygen atoms in total. The molecule has 0 N–H and O–H groups in total. The molecular formula is C60H43N3. The van der Waals surface area contributed by atoms with E-state index in [4.69, 9.17) is 0 Å². The van der Waals surface area contributed by atoms with Gasteiger partial charge in [-0.2, -0.15) is 0 Å². The van der Waals surface area contributed by atoms with Gasteiger partial charge in [0.05, 0.1) is 22.7 Å². The Morgan fingerprint density at radius 3 is 1.00 bits per heavy atom. The highest BCUT2D eigenvalue weighted by atomic mass is 15.3. The summed E-state index contributed by atoms with van der Waals surface area (Å²) in [5.41, 5.74) is 19.4. The normalized spacial score (nSPS) is 11.7. The summed E-state index contributed by atoms with van der Waals surface area (Å²) in [6.07, 6.45) is 0. The average Bonchev–Trinajstić information content (AvgIpc) is 3.37. The maximum atomic E-state index is 2.40. The highest BCUT2D eigenvalue weighted by Crippen LogP contribution is 2.54. The van der Waals surface area contributed by atoms with Crippen LogP contribution in [-0.2, 0) is 0 Å². The van der Waals surface area contributed by atoms with Crippen LogP contribution in [0.25, 0.3) is 44.5 Å². The topological polar surface area (TPSA) is 9.72 Å². The molecule has 0 fully saturated rings. The van der Waals surface area contributed by atoms with Crippen molar-refractivity contribution in [3.63, 3.8) is 0 Å². The highest BCUT2D eigenvalue weighted by molar-refractivity contribution is 6.01. The van der Waals surface area contributed by atoms with E-state index >= 15 is 0 Å². The van der Waals surface area contributed by atoms with Crippen LogP contribution < -0.4 is 14.7 Å². The Morgan fingerprint density at radius 1 is 0.206 bits per heavy atom. The molecule has 63 heavy (non-hydrogen) atoms. The molecule has 0 radical (unpaired) electrons. The standard InChI is InChI=1S/C60H43N3/c1-5-18-44(19-6-1)47-32-36-53(37-33-47)61(56-42-50(45-20-7-2-8-21-45)40-51(43-56)46-22-9-3-10-23-46)54-38-34-48(35-39-54)49-24-17-27-55(41-49)63-59-30-15-13-28-57(59)62(52-25-11-4-12-26-52)58-29-14-16-31-60(58)63/h1-43H. The molecule has 1 aliphatic rings. The van der Waals surface area contributed by atoms with Gasteiger partial charge in [0.15, 0.2) is 0 Å². The van der Waals surface area contributed by atoms with Gasteiger partial charge < -0.3 is 14.7 Å². The fourth-order valence-electron chi connectivity index (χ4n) is 8.92. The van der Waals surface area contributed by atoms with E-state index in [1.807, 2.05) is 0 Å². The van der Waals surface area contributed by atoms with Gasteiger partial charge >= 0.3 is 0 Å². The SMILES string of the molecule is c1ccc(-c2ccc(N(c3ccc(-c4cccc(N5c6ccccc6N(c6ccccc6)c6ccccc65)c4)cc3)c3cc(-c4ccccc4)cc(-c4ccccc4)c3)cc2)cc1. The minimum Gasteiger partial charge on any atom is -0.310 e. The third-order valence-corrected chi connectivity index (χ3v) is 11.9. The molecule has 11 rings (SSSR count). The number of fused-ring (bicyclic) bond motifs is 2. The van der Waals surface area contributed by atoms with E-state index in [0.717, 1.165) is 62.3 Å². The second-order valence-electron chi connectivity index (χ2n) is 15.8. The summed E-state index contributed by atoms with van der Waals surface area (Å²) in [7, 11) is 0. The summed E-state index contributed by atoms with van der Waals surface area (Å²) in [5, 5.41) is 0. The van der Waals surface area contributed by atoms with E-state index in [1.54, 1.807) is 0 Å². The molecule has 0 atom stereocenters. The van der Waals surface area contributed by atoms with Crippen LogP contribution in [0.15, 0.2) is 261 Å². The van der Waals surface area contributed by atoms with Gasteiger partial charge in [0, 0.05) is 28.4 Å². The maximum Gasteiger partial charge on any atom is 0.0703 e. The Morgan fingerprint density at radius 2 is 0.540 bits per heavy atom. The summed E-state index contributed by atoms with van der Waals surface area (Å²) >= 11 is 0. The zero-order valence-corrected chi connectivity index (χ0v) is 34.7. The summed E-state index contributed by atoms with van der Waals surface area (Å²) in [6.45, 7) is 0. The van der Waals surface area contributed by atoms with Crippen LogP contribution in [0.4, 0.5) is 51.2 Å². The fourth-order valence-corrected chi connectivity index (χ4v) is 8.92. The molecule has 0 aromatic heterocycles. The van der Waals surface area contributed by atoms with Gasteiger partial charge in [-0.25, -0.2) is 0 Å². The second-order valence-corrected chi connectivity index (χ2v) is 15.8. The van der Waals surface area contributed by atoms with Gasteiger partial charge in [0.2, 0.25) is 0 Å². The molecule has 10 aromatic rings. The molecule has 1 heterocycles. The largest absolute Gasteiger partial charge is 0.310 e. The number of hydrogen-bond donors (Lipinski definition) is 0. The number of anilines is 9. The molecule has 3 heteroatoms. The van der Waals surface area contributed by atoms with Gasteiger partial charge in [0.1, 0.15) is 0 Å². The van der Waals surface area contributed by atoms with Crippen LogP contribution >= 0.6 is 0 Å². The smallest absolute Gasteiger partial charge is 0.0703 e. The minimum atomic E-state index is 1.08. The first kappa shape index (κ1) is 37.6. The zero-order valence-electron chi connectivity index (χ0n) is 34.7. The Balaban J connectivity index is 1.00.